The van der Waals surface area contributed by atoms with Crippen LogP contribution >= 0.6 is 11.6 Å². The molecule has 118 valence electrons. The van der Waals surface area contributed by atoms with Gasteiger partial charge in [0, 0.05) is 10.4 Å². The lowest BCUT2D eigenvalue weighted by Gasteiger charge is -2.07. The number of aryl methyl sites for hydroxylation is 1. The van der Waals surface area contributed by atoms with Gasteiger partial charge in [-0.25, -0.2) is 4.98 Å². The van der Waals surface area contributed by atoms with Crippen LogP contribution in [0.4, 0.5) is 5.82 Å². The van der Waals surface area contributed by atoms with Gasteiger partial charge in [-0.05, 0) is 61.4 Å². The van der Waals surface area contributed by atoms with Crippen molar-refractivity contribution < 1.29 is 0 Å². The Balaban J connectivity index is 1.86. The van der Waals surface area contributed by atoms with E-state index in [9.17, 15) is 0 Å². The van der Waals surface area contributed by atoms with E-state index < -0.39 is 0 Å². The number of fused-ring (bicyclic) bond motifs is 1. The maximum atomic E-state index is 8.84. The largest absolute Gasteiger partial charge is 0.261 e. The van der Waals surface area contributed by atoms with Crippen LogP contribution in [0.2, 0.25) is 5.02 Å². The minimum atomic E-state index is 0.630. The molecule has 1 heterocycles. The first-order valence-electron chi connectivity index (χ1n) is 7.44. The van der Waals surface area contributed by atoms with Gasteiger partial charge in [-0.1, -0.05) is 23.7 Å². The molecule has 0 saturated heterocycles. The van der Waals surface area contributed by atoms with E-state index in [4.69, 9.17) is 16.9 Å². The highest BCUT2D eigenvalue weighted by Crippen LogP contribution is 2.23. The van der Waals surface area contributed by atoms with Crippen LogP contribution in [0.1, 0.15) is 23.6 Å². The molecule has 4 nitrogen and oxygen atoms in total. The topological polar surface area (TPSA) is 61.1 Å². The molecule has 1 N–H and O–H groups in total. The summed E-state index contributed by atoms with van der Waals surface area (Å²) in [6, 6.07) is 17.0. The van der Waals surface area contributed by atoms with E-state index in [-0.39, 0.29) is 0 Å². The number of nitrogens with zero attached hydrogens (tertiary/aromatic N) is 3. The van der Waals surface area contributed by atoms with Gasteiger partial charge in [0.05, 0.1) is 22.9 Å². The van der Waals surface area contributed by atoms with Crippen LogP contribution in [0.3, 0.4) is 0 Å². The second-order valence-electron chi connectivity index (χ2n) is 5.48. The number of hydrazone groups is 1. The molecule has 0 unspecified atom stereocenters. The number of benzene rings is 2. The molecule has 0 fully saturated rings. The number of pyridine rings is 1. The Labute approximate surface area is 145 Å². The van der Waals surface area contributed by atoms with E-state index in [0.29, 0.717) is 16.4 Å². The lowest BCUT2D eigenvalue weighted by molar-refractivity contribution is 1.24. The molecule has 0 bridgehead atoms. The van der Waals surface area contributed by atoms with E-state index in [1.54, 1.807) is 12.1 Å². The molecule has 24 heavy (non-hydrogen) atoms. The highest BCUT2D eigenvalue weighted by molar-refractivity contribution is 6.31. The smallest absolute Gasteiger partial charge is 0.147 e. The average molecular weight is 335 g/mol. The molecule has 0 aliphatic carbocycles. The number of rotatable bonds is 3. The molecule has 1 aromatic heterocycles. The first kappa shape index (κ1) is 16.0. The molecule has 5 heteroatoms. The van der Waals surface area contributed by atoms with Crippen molar-refractivity contribution in [3.05, 3.63) is 70.2 Å². The Hall–Kier alpha value is -2.90. The summed E-state index contributed by atoms with van der Waals surface area (Å²) in [7, 11) is 0. The molecule has 0 aliphatic rings. The molecule has 3 rings (SSSR count). The molecule has 0 atom stereocenters. The van der Waals surface area contributed by atoms with Gasteiger partial charge in [-0.15, -0.1) is 0 Å². The number of nitrogens with one attached hydrogen (secondary N) is 1. The van der Waals surface area contributed by atoms with Gasteiger partial charge in [0.25, 0.3) is 0 Å². The normalized spacial score (nSPS) is 11.3. The van der Waals surface area contributed by atoms with E-state index in [1.165, 1.54) is 0 Å². The van der Waals surface area contributed by atoms with E-state index >= 15 is 0 Å². The van der Waals surface area contributed by atoms with E-state index in [0.717, 1.165) is 27.7 Å². The third-order valence-corrected chi connectivity index (χ3v) is 3.98. The van der Waals surface area contributed by atoms with Crippen LogP contribution in [-0.4, -0.2) is 10.7 Å². The van der Waals surface area contributed by atoms with Crippen LogP contribution in [0.5, 0.6) is 0 Å². The van der Waals surface area contributed by atoms with Crippen molar-refractivity contribution in [1.82, 2.24) is 4.98 Å². The number of aromatic nitrogens is 1. The van der Waals surface area contributed by atoms with E-state index in [1.807, 2.05) is 50.2 Å². The molecular weight excluding hydrogens is 320 g/mol. The zero-order valence-corrected chi connectivity index (χ0v) is 14.1. The molecule has 0 radical (unpaired) electrons. The number of anilines is 1. The predicted molar refractivity (Wildman–Crippen MR) is 98.5 cm³/mol. The standard InChI is InChI=1S/C19H15ClN4/c1-12-9-19(22-18-8-7-16(20)10-17(12)18)24-23-13(2)15-5-3-14(11-21)4-6-15/h3-10H,1-2H3,(H,22,24)/b23-13+. The first-order chi connectivity index (χ1) is 11.6. The zero-order valence-electron chi connectivity index (χ0n) is 13.3. The van der Waals surface area contributed by atoms with E-state index in [2.05, 4.69) is 21.6 Å². The summed E-state index contributed by atoms with van der Waals surface area (Å²) in [5.41, 5.74) is 7.34. The summed E-state index contributed by atoms with van der Waals surface area (Å²) in [5, 5.41) is 14.9. The Kier molecular flexibility index (Phi) is 4.45. The summed E-state index contributed by atoms with van der Waals surface area (Å²) in [6.45, 7) is 3.92. The number of nitriles is 1. The molecule has 0 aliphatic heterocycles. The van der Waals surface area contributed by atoms with Crippen molar-refractivity contribution in [2.24, 2.45) is 5.10 Å². The quantitative estimate of drug-likeness (QED) is 0.547. The summed E-state index contributed by atoms with van der Waals surface area (Å²) in [6.07, 6.45) is 0. The van der Waals surface area contributed by atoms with Crippen molar-refractivity contribution in [1.29, 1.82) is 5.26 Å². The van der Waals surface area contributed by atoms with Crippen molar-refractivity contribution in [2.75, 3.05) is 5.43 Å². The third kappa shape index (κ3) is 3.37. The maximum absolute atomic E-state index is 8.84. The number of hydrogen-bond acceptors (Lipinski definition) is 4. The Morgan fingerprint density at radius 1 is 1.17 bits per heavy atom. The van der Waals surface area contributed by atoms with Crippen LogP contribution in [-0.2, 0) is 0 Å². The molecule has 2 aromatic carbocycles. The minimum absolute atomic E-state index is 0.630. The van der Waals surface area contributed by atoms with Crippen LogP contribution in [0.25, 0.3) is 10.9 Å². The van der Waals surface area contributed by atoms with Gasteiger partial charge in [-0.2, -0.15) is 10.4 Å². The van der Waals surface area contributed by atoms with Crippen LogP contribution < -0.4 is 5.43 Å². The zero-order chi connectivity index (χ0) is 17.1. The molecule has 0 spiro atoms. The van der Waals surface area contributed by atoms with Gasteiger partial charge in [0.15, 0.2) is 0 Å². The first-order valence-corrected chi connectivity index (χ1v) is 7.82. The fourth-order valence-corrected chi connectivity index (χ4v) is 2.59. The Morgan fingerprint density at radius 2 is 1.92 bits per heavy atom. The molecule has 0 amide bonds. The monoisotopic (exact) mass is 334 g/mol. The van der Waals surface area contributed by atoms with Gasteiger partial charge in [0.2, 0.25) is 0 Å². The van der Waals surface area contributed by atoms with Crippen molar-refractivity contribution in [2.45, 2.75) is 13.8 Å². The van der Waals surface area contributed by atoms with Gasteiger partial charge in [-0.3, -0.25) is 5.43 Å². The highest BCUT2D eigenvalue weighted by atomic mass is 35.5. The maximum Gasteiger partial charge on any atom is 0.147 e. The van der Waals surface area contributed by atoms with Gasteiger partial charge >= 0.3 is 0 Å². The number of halogens is 1. The lowest BCUT2D eigenvalue weighted by Crippen LogP contribution is -2.01. The Bertz CT molecular complexity index is 969. The molecular formula is C19H15ClN4. The molecule has 3 aromatic rings. The lowest BCUT2D eigenvalue weighted by atomic mass is 10.1. The highest BCUT2D eigenvalue weighted by Gasteiger charge is 2.04. The average Bonchev–Trinajstić information content (AvgIpc) is 2.60. The van der Waals surface area contributed by atoms with Crippen molar-refractivity contribution in [3.8, 4) is 6.07 Å². The summed E-state index contributed by atoms with van der Waals surface area (Å²) >= 11 is 6.04. The van der Waals surface area contributed by atoms with Crippen molar-refractivity contribution >= 4 is 34.0 Å². The van der Waals surface area contributed by atoms with Crippen LogP contribution in [0, 0.1) is 18.3 Å². The third-order valence-electron chi connectivity index (χ3n) is 3.75. The second-order valence-corrected chi connectivity index (χ2v) is 5.92. The Morgan fingerprint density at radius 3 is 2.62 bits per heavy atom. The fraction of sp³-hybridized carbons (Fsp3) is 0.105. The SMILES string of the molecule is C/C(=N\Nc1cc(C)c2cc(Cl)ccc2n1)c1ccc(C#N)cc1. The molecule has 0 saturated carbocycles. The summed E-state index contributed by atoms with van der Waals surface area (Å²) < 4.78 is 0. The van der Waals surface area contributed by atoms with Crippen LogP contribution in [0.15, 0.2) is 53.6 Å². The number of hydrogen-bond donors (Lipinski definition) is 1. The summed E-state index contributed by atoms with van der Waals surface area (Å²) in [5.74, 6) is 0.676. The summed E-state index contributed by atoms with van der Waals surface area (Å²) in [4.78, 5) is 4.55. The minimum Gasteiger partial charge on any atom is -0.261 e. The van der Waals surface area contributed by atoms with Gasteiger partial charge in [0.1, 0.15) is 5.82 Å². The second kappa shape index (κ2) is 6.69. The fourth-order valence-electron chi connectivity index (χ4n) is 2.42. The van der Waals surface area contributed by atoms with Gasteiger partial charge < -0.3 is 0 Å². The van der Waals surface area contributed by atoms with Crippen molar-refractivity contribution in [3.63, 3.8) is 0 Å². The predicted octanol–water partition coefficient (Wildman–Crippen LogP) is 4.90.